The fraction of sp³-hybridized carbons (Fsp3) is 0.462. The van der Waals surface area contributed by atoms with Crippen LogP contribution >= 0.6 is 0 Å². The molecule has 1 unspecified atom stereocenters. The van der Waals surface area contributed by atoms with Gasteiger partial charge in [0.15, 0.2) is 0 Å². The second-order valence-corrected chi connectivity index (χ2v) is 4.93. The lowest BCUT2D eigenvalue weighted by atomic mass is 9.81. The highest BCUT2D eigenvalue weighted by Gasteiger charge is 2.41. The lowest BCUT2D eigenvalue weighted by molar-refractivity contribution is -0.107. The second-order valence-electron chi connectivity index (χ2n) is 4.93. The summed E-state index contributed by atoms with van der Waals surface area (Å²) in [6, 6.07) is 6.52. The molecule has 0 saturated heterocycles. The third-order valence-electron chi connectivity index (χ3n) is 3.70. The first-order chi connectivity index (χ1) is 6.98. The Bertz CT molecular complexity index is 409. The molecule has 1 aliphatic heterocycles. The van der Waals surface area contributed by atoms with Crippen molar-refractivity contribution in [2.45, 2.75) is 39.2 Å². The molecule has 80 valence electrons. The van der Waals surface area contributed by atoms with E-state index in [-0.39, 0.29) is 11.5 Å². The van der Waals surface area contributed by atoms with E-state index >= 15 is 0 Å². The summed E-state index contributed by atoms with van der Waals surface area (Å²) >= 11 is 0. The van der Waals surface area contributed by atoms with Crippen molar-refractivity contribution in [3.05, 3.63) is 29.3 Å². The Labute approximate surface area is 90.9 Å². The van der Waals surface area contributed by atoms with Crippen LogP contribution in [0.4, 0.5) is 5.69 Å². The Kier molecular flexibility index (Phi) is 2.10. The summed E-state index contributed by atoms with van der Waals surface area (Å²) in [5, 5.41) is 0. The quantitative estimate of drug-likeness (QED) is 0.642. The van der Waals surface area contributed by atoms with E-state index in [2.05, 4.69) is 39.8 Å². The lowest BCUT2D eigenvalue weighted by Gasteiger charge is -2.27. The van der Waals surface area contributed by atoms with Crippen LogP contribution in [0.3, 0.4) is 0 Å². The van der Waals surface area contributed by atoms with Crippen LogP contribution in [0.25, 0.3) is 0 Å². The largest absolute Gasteiger partial charge is 0.311 e. The van der Waals surface area contributed by atoms with E-state index in [0.29, 0.717) is 0 Å². The van der Waals surface area contributed by atoms with Gasteiger partial charge in [0.2, 0.25) is 6.41 Å². The molecule has 0 saturated carbocycles. The van der Waals surface area contributed by atoms with Crippen LogP contribution in [0.5, 0.6) is 0 Å². The van der Waals surface area contributed by atoms with Crippen molar-refractivity contribution in [1.82, 2.24) is 0 Å². The summed E-state index contributed by atoms with van der Waals surface area (Å²) in [4.78, 5) is 12.9. The van der Waals surface area contributed by atoms with Crippen molar-refractivity contribution in [2.24, 2.45) is 0 Å². The van der Waals surface area contributed by atoms with Crippen LogP contribution in [0.15, 0.2) is 18.2 Å². The minimum atomic E-state index is 0.0439. The molecule has 2 nitrogen and oxygen atoms in total. The zero-order chi connectivity index (χ0) is 11.2. The molecular formula is C13H17NO. The Morgan fingerprint density at radius 2 is 2.07 bits per heavy atom. The first kappa shape index (κ1) is 10.2. The van der Waals surface area contributed by atoms with E-state index < -0.39 is 0 Å². The van der Waals surface area contributed by atoms with Crippen molar-refractivity contribution in [1.29, 1.82) is 0 Å². The van der Waals surface area contributed by atoms with Crippen LogP contribution < -0.4 is 4.90 Å². The topological polar surface area (TPSA) is 20.3 Å². The fourth-order valence-corrected chi connectivity index (χ4v) is 2.32. The van der Waals surface area contributed by atoms with Crippen LogP contribution in [0.1, 0.15) is 31.9 Å². The van der Waals surface area contributed by atoms with Gasteiger partial charge in [-0.1, -0.05) is 31.5 Å². The molecule has 0 N–H and O–H groups in total. The normalized spacial score (nSPS) is 22.7. The van der Waals surface area contributed by atoms with Gasteiger partial charge < -0.3 is 4.90 Å². The predicted octanol–water partition coefficient (Wildman–Crippen LogP) is 2.64. The number of carbonyl (C=O) groups is 1. The van der Waals surface area contributed by atoms with Gasteiger partial charge in [0.05, 0.1) is 0 Å². The lowest BCUT2D eigenvalue weighted by Crippen LogP contribution is -2.37. The summed E-state index contributed by atoms with van der Waals surface area (Å²) in [6.45, 7) is 8.58. The summed E-state index contributed by atoms with van der Waals surface area (Å²) in [7, 11) is 0. The Hall–Kier alpha value is -1.31. The van der Waals surface area contributed by atoms with Crippen LogP contribution in [0, 0.1) is 6.92 Å². The van der Waals surface area contributed by atoms with E-state index in [4.69, 9.17) is 0 Å². The van der Waals surface area contributed by atoms with Gasteiger partial charge in [0.25, 0.3) is 0 Å². The number of nitrogens with zero attached hydrogens (tertiary/aromatic N) is 1. The van der Waals surface area contributed by atoms with E-state index in [1.807, 2.05) is 11.0 Å². The number of fused-ring (bicyclic) bond motifs is 1. The summed E-state index contributed by atoms with van der Waals surface area (Å²) in [6.07, 6.45) is 0.938. The minimum Gasteiger partial charge on any atom is -0.311 e. The summed E-state index contributed by atoms with van der Waals surface area (Å²) in [5.74, 6) is 0. The fourth-order valence-electron chi connectivity index (χ4n) is 2.32. The van der Waals surface area contributed by atoms with Gasteiger partial charge in [-0.2, -0.15) is 0 Å². The maximum absolute atomic E-state index is 11.1. The van der Waals surface area contributed by atoms with Gasteiger partial charge in [-0.25, -0.2) is 0 Å². The highest BCUT2D eigenvalue weighted by Crippen LogP contribution is 2.44. The molecular weight excluding hydrogens is 186 g/mol. The molecule has 1 amide bonds. The SMILES string of the molecule is Cc1ccc2c(c1)C(C)(C)C(C)N2C=O. The van der Waals surface area contributed by atoms with Crippen molar-refractivity contribution >= 4 is 12.1 Å². The maximum Gasteiger partial charge on any atom is 0.214 e. The first-order valence-electron chi connectivity index (χ1n) is 5.33. The van der Waals surface area contributed by atoms with Gasteiger partial charge in [0, 0.05) is 17.1 Å². The Morgan fingerprint density at radius 1 is 1.40 bits per heavy atom. The smallest absolute Gasteiger partial charge is 0.214 e. The van der Waals surface area contributed by atoms with E-state index in [1.54, 1.807) is 0 Å². The molecule has 1 aliphatic rings. The Morgan fingerprint density at radius 3 is 2.67 bits per heavy atom. The van der Waals surface area contributed by atoms with Crippen molar-refractivity contribution in [2.75, 3.05) is 4.90 Å². The molecule has 1 aromatic carbocycles. The Balaban J connectivity index is 2.64. The van der Waals surface area contributed by atoms with Gasteiger partial charge in [-0.05, 0) is 25.5 Å². The molecule has 1 atom stereocenters. The standard InChI is InChI=1S/C13H17NO/c1-9-5-6-12-11(7-9)13(3,4)10(2)14(12)8-15/h5-8,10H,1-4H3. The van der Waals surface area contributed by atoms with Gasteiger partial charge in [-0.3, -0.25) is 4.79 Å². The van der Waals surface area contributed by atoms with Crippen molar-refractivity contribution < 1.29 is 4.79 Å². The number of anilines is 1. The number of rotatable bonds is 1. The maximum atomic E-state index is 11.1. The average molecular weight is 203 g/mol. The average Bonchev–Trinajstić information content (AvgIpc) is 2.37. The number of carbonyl (C=O) groups excluding carboxylic acids is 1. The highest BCUT2D eigenvalue weighted by molar-refractivity contribution is 5.82. The molecule has 2 heteroatoms. The van der Waals surface area contributed by atoms with Gasteiger partial charge in [0.1, 0.15) is 0 Å². The summed E-state index contributed by atoms with van der Waals surface area (Å²) < 4.78 is 0. The third-order valence-corrected chi connectivity index (χ3v) is 3.70. The van der Waals surface area contributed by atoms with Crippen molar-refractivity contribution in [3.63, 3.8) is 0 Å². The molecule has 0 fully saturated rings. The zero-order valence-corrected chi connectivity index (χ0v) is 9.74. The molecule has 2 rings (SSSR count). The van der Waals surface area contributed by atoms with E-state index in [0.717, 1.165) is 12.1 Å². The van der Waals surface area contributed by atoms with E-state index in [9.17, 15) is 4.79 Å². The predicted molar refractivity (Wildman–Crippen MR) is 62.2 cm³/mol. The number of aryl methyl sites for hydroxylation is 1. The van der Waals surface area contributed by atoms with Gasteiger partial charge in [-0.15, -0.1) is 0 Å². The number of benzene rings is 1. The monoisotopic (exact) mass is 203 g/mol. The third kappa shape index (κ3) is 1.28. The molecule has 0 spiro atoms. The molecule has 15 heavy (non-hydrogen) atoms. The highest BCUT2D eigenvalue weighted by atomic mass is 16.1. The zero-order valence-electron chi connectivity index (χ0n) is 9.74. The van der Waals surface area contributed by atoms with Crippen LogP contribution in [-0.2, 0) is 10.2 Å². The summed E-state index contributed by atoms with van der Waals surface area (Å²) in [5.41, 5.74) is 3.64. The molecule has 0 aromatic heterocycles. The molecule has 0 bridgehead atoms. The van der Waals surface area contributed by atoms with Crippen molar-refractivity contribution in [3.8, 4) is 0 Å². The number of hydrogen-bond acceptors (Lipinski definition) is 1. The minimum absolute atomic E-state index is 0.0439. The van der Waals surface area contributed by atoms with Gasteiger partial charge >= 0.3 is 0 Å². The molecule has 1 heterocycles. The molecule has 0 radical (unpaired) electrons. The van der Waals surface area contributed by atoms with E-state index in [1.165, 1.54) is 11.1 Å². The molecule has 0 aliphatic carbocycles. The second kappa shape index (κ2) is 3.09. The van der Waals surface area contributed by atoms with Crippen LogP contribution in [-0.4, -0.2) is 12.5 Å². The molecule has 1 aromatic rings. The number of hydrogen-bond donors (Lipinski definition) is 0. The first-order valence-corrected chi connectivity index (χ1v) is 5.33. The number of amides is 1. The van der Waals surface area contributed by atoms with Crippen LogP contribution in [0.2, 0.25) is 0 Å².